The Labute approximate surface area is 177 Å². The molecule has 7 heteroatoms. The van der Waals surface area contributed by atoms with Crippen LogP contribution in [0.25, 0.3) is 0 Å². The summed E-state index contributed by atoms with van der Waals surface area (Å²) in [7, 11) is 1.78. The van der Waals surface area contributed by atoms with E-state index in [0.717, 1.165) is 11.3 Å². The topological polar surface area (TPSA) is 69.4 Å². The van der Waals surface area contributed by atoms with E-state index in [1.165, 1.54) is 10.6 Å². The first-order valence-electron chi connectivity index (χ1n) is 10.4. The van der Waals surface area contributed by atoms with Crippen LogP contribution in [0.5, 0.6) is 0 Å². The first kappa shape index (κ1) is 21.8. The first-order valence-corrected chi connectivity index (χ1v) is 10.4. The van der Waals surface area contributed by atoms with Crippen LogP contribution < -0.4 is 0 Å². The number of amides is 2. The van der Waals surface area contributed by atoms with Gasteiger partial charge >= 0.3 is 0 Å². The van der Waals surface area contributed by atoms with Gasteiger partial charge in [-0.1, -0.05) is 29.8 Å². The minimum absolute atomic E-state index is 0.0168. The number of hydrazone groups is 1. The van der Waals surface area contributed by atoms with Gasteiger partial charge in [0.05, 0.1) is 25.1 Å². The van der Waals surface area contributed by atoms with Gasteiger partial charge in [-0.3, -0.25) is 14.5 Å². The molecule has 0 aliphatic carbocycles. The Bertz CT molecular complexity index is 886. The summed E-state index contributed by atoms with van der Waals surface area (Å²) in [5, 5.41) is 6.15. The number of hydrogen-bond acceptors (Lipinski definition) is 5. The van der Waals surface area contributed by atoms with E-state index in [2.05, 4.69) is 5.10 Å². The van der Waals surface area contributed by atoms with Crippen molar-refractivity contribution in [2.75, 3.05) is 33.2 Å². The molecule has 1 aromatic carbocycles. The summed E-state index contributed by atoms with van der Waals surface area (Å²) in [4.78, 5) is 28.9. The van der Waals surface area contributed by atoms with E-state index in [9.17, 15) is 9.59 Å². The molecule has 3 rings (SSSR count). The Morgan fingerprint density at radius 1 is 1.13 bits per heavy atom. The maximum absolute atomic E-state index is 13.1. The highest BCUT2D eigenvalue weighted by Crippen LogP contribution is 2.33. The molecule has 0 fully saturated rings. The van der Waals surface area contributed by atoms with Crippen LogP contribution in [0.1, 0.15) is 43.2 Å². The molecule has 1 aliphatic rings. The molecule has 2 heterocycles. The lowest BCUT2D eigenvalue weighted by molar-refractivity contribution is -0.136. The number of hydrogen-bond donors (Lipinski definition) is 0. The summed E-state index contributed by atoms with van der Waals surface area (Å²) in [6.07, 6.45) is 2.20. The lowest BCUT2D eigenvalue weighted by Crippen LogP contribution is -2.42. The summed E-state index contributed by atoms with van der Waals surface area (Å²) in [5.74, 6) is 0.563. The lowest BCUT2D eigenvalue weighted by Gasteiger charge is -2.25. The van der Waals surface area contributed by atoms with Crippen molar-refractivity contribution in [2.45, 2.75) is 33.2 Å². The molecule has 1 aliphatic heterocycles. The molecule has 1 aromatic heterocycles. The second-order valence-electron chi connectivity index (χ2n) is 7.62. The van der Waals surface area contributed by atoms with E-state index in [-0.39, 0.29) is 30.9 Å². The van der Waals surface area contributed by atoms with Crippen LogP contribution in [0.15, 0.2) is 52.2 Å². The molecule has 0 bridgehead atoms. The van der Waals surface area contributed by atoms with Crippen LogP contribution in [0.3, 0.4) is 0 Å². The van der Waals surface area contributed by atoms with Gasteiger partial charge in [0.2, 0.25) is 5.91 Å². The minimum atomic E-state index is -0.282. The number of nitrogens with zero attached hydrogens (tertiary/aromatic N) is 4. The number of likely N-dealkylation sites (N-methyl/N-ethyl adjacent to an activating group) is 2. The van der Waals surface area contributed by atoms with E-state index < -0.39 is 0 Å². The predicted octanol–water partition coefficient (Wildman–Crippen LogP) is 3.07. The fourth-order valence-corrected chi connectivity index (χ4v) is 3.63. The molecular formula is C23H30N4O3. The third-order valence-corrected chi connectivity index (χ3v) is 5.35. The van der Waals surface area contributed by atoms with Crippen molar-refractivity contribution >= 4 is 17.5 Å². The highest BCUT2D eigenvalue weighted by Gasteiger charge is 2.35. The van der Waals surface area contributed by atoms with Gasteiger partial charge < -0.3 is 9.32 Å². The molecule has 0 radical (unpaired) electrons. The summed E-state index contributed by atoms with van der Waals surface area (Å²) in [6.45, 7) is 7.56. The van der Waals surface area contributed by atoms with E-state index >= 15 is 0 Å². The van der Waals surface area contributed by atoms with Gasteiger partial charge in [0, 0.05) is 19.5 Å². The van der Waals surface area contributed by atoms with Gasteiger partial charge in [-0.2, -0.15) is 5.10 Å². The fraction of sp³-hybridized carbons (Fsp3) is 0.435. The highest BCUT2D eigenvalue weighted by atomic mass is 16.3. The van der Waals surface area contributed by atoms with E-state index in [1.807, 2.05) is 57.2 Å². The number of aryl methyl sites for hydroxylation is 1. The molecule has 0 saturated heterocycles. The molecule has 1 atom stereocenters. The van der Waals surface area contributed by atoms with Crippen LogP contribution in [0.2, 0.25) is 0 Å². The second-order valence-corrected chi connectivity index (χ2v) is 7.62. The van der Waals surface area contributed by atoms with Crippen LogP contribution in [-0.4, -0.2) is 65.6 Å². The van der Waals surface area contributed by atoms with Gasteiger partial charge in [0.25, 0.3) is 5.91 Å². The molecule has 7 nitrogen and oxygen atoms in total. The zero-order valence-corrected chi connectivity index (χ0v) is 18.2. The monoisotopic (exact) mass is 410 g/mol. The van der Waals surface area contributed by atoms with Crippen molar-refractivity contribution in [2.24, 2.45) is 5.10 Å². The molecule has 0 saturated carbocycles. The van der Waals surface area contributed by atoms with Crippen LogP contribution >= 0.6 is 0 Å². The lowest BCUT2D eigenvalue weighted by atomic mass is 10.0. The van der Waals surface area contributed by atoms with Crippen molar-refractivity contribution in [3.8, 4) is 0 Å². The molecule has 0 N–H and O–H groups in total. The van der Waals surface area contributed by atoms with Gasteiger partial charge in [-0.25, -0.2) is 5.01 Å². The van der Waals surface area contributed by atoms with Crippen molar-refractivity contribution in [3.05, 3.63) is 59.5 Å². The van der Waals surface area contributed by atoms with E-state index in [0.29, 0.717) is 25.3 Å². The van der Waals surface area contributed by atoms with E-state index in [4.69, 9.17) is 4.42 Å². The second kappa shape index (κ2) is 9.71. The molecule has 0 spiro atoms. The Balaban J connectivity index is 1.75. The Morgan fingerprint density at radius 3 is 2.43 bits per heavy atom. The maximum atomic E-state index is 13.1. The zero-order chi connectivity index (χ0) is 21.7. The number of carbonyl (C=O) groups is 2. The van der Waals surface area contributed by atoms with Crippen LogP contribution in [0.4, 0.5) is 0 Å². The maximum Gasteiger partial charge on any atom is 0.257 e. The zero-order valence-electron chi connectivity index (χ0n) is 18.2. The molecule has 30 heavy (non-hydrogen) atoms. The van der Waals surface area contributed by atoms with Crippen molar-refractivity contribution in [1.29, 1.82) is 0 Å². The third kappa shape index (κ3) is 4.97. The van der Waals surface area contributed by atoms with Crippen LogP contribution in [0, 0.1) is 6.92 Å². The highest BCUT2D eigenvalue weighted by molar-refractivity contribution is 6.03. The fourth-order valence-electron chi connectivity index (χ4n) is 3.63. The SMILES string of the molecule is CCN(CC)C(=O)CN(C)CC(=O)N1N=C(c2ccc(C)cc2)C[C@@H]1c1ccco1. The van der Waals surface area contributed by atoms with Gasteiger partial charge in [-0.15, -0.1) is 0 Å². The van der Waals surface area contributed by atoms with Gasteiger partial charge in [-0.05, 0) is 45.5 Å². The molecular weight excluding hydrogens is 380 g/mol. The Hall–Kier alpha value is -2.93. The van der Waals surface area contributed by atoms with Crippen molar-refractivity contribution in [1.82, 2.24) is 14.8 Å². The summed E-state index contributed by atoms with van der Waals surface area (Å²) in [6, 6.07) is 11.5. The van der Waals surface area contributed by atoms with Crippen molar-refractivity contribution < 1.29 is 14.0 Å². The number of carbonyl (C=O) groups excluding carboxylic acids is 2. The minimum Gasteiger partial charge on any atom is -0.467 e. The van der Waals surface area contributed by atoms with Crippen molar-refractivity contribution in [3.63, 3.8) is 0 Å². The average Bonchev–Trinajstić information content (AvgIpc) is 3.39. The Kier molecular flexibility index (Phi) is 7.05. The predicted molar refractivity (Wildman–Crippen MR) is 116 cm³/mol. The quantitative estimate of drug-likeness (QED) is 0.671. The Morgan fingerprint density at radius 2 is 1.83 bits per heavy atom. The smallest absolute Gasteiger partial charge is 0.257 e. The third-order valence-electron chi connectivity index (χ3n) is 5.35. The standard InChI is InChI=1S/C23H30N4O3/c1-5-26(6-2)22(28)15-25(4)16-23(29)27-20(21-8-7-13-30-21)14-19(24-27)18-11-9-17(3)10-12-18/h7-13,20H,5-6,14-16H2,1-4H3/t20-/m1/s1. The molecule has 160 valence electrons. The summed E-state index contributed by atoms with van der Waals surface area (Å²) >= 11 is 0. The normalized spacial score (nSPS) is 16.1. The first-order chi connectivity index (χ1) is 14.4. The average molecular weight is 411 g/mol. The summed E-state index contributed by atoms with van der Waals surface area (Å²) < 4.78 is 5.59. The number of rotatable bonds is 8. The van der Waals surface area contributed by atoms with Gasteiger partial charge in [0.15, 0.2) is 0 Å². The largest absolute Gasteiger partial charge is 0.467 e. The molecule has 0 unspecified atom stereocenters. The van der Waals surface area contributed by atoms with E-state index in [1.54, 1.807) is 23.1 Å². The molecule has 2 amide bonds. The van der Waals surface area contributed by atoms with Gasteiger partial charge in [0.1, 0.15) is 11.8 Å². The number of furan rings is 1. The molecule has 2 aromatic rings. The van der Waals surface area contributed by atoms with Crippen LogP contribution in [-0.2, 0) is 9.59 Å². The summed E-state index contributed by atoms with van der Waals surface area (Å²) in [5.41, 5.74) is 3.02. The number of benzene rings is 1.